The number of thiophene rings is 1. The highest BCUT2D eigenvalue weighted by molar-refractivity contribution is 7.17. The minimum absolute atomic E-state index is 0.113. The first-order chi connectivity index (χ1) is 12.4. The molecule has 0 unspecified atom stereocenters. The van der Waals surface area contributed by atoms with Gasteiger partial charge in [-0.3, -0.25) is 4.79 Å². The van der Waals surface area contributed by atoms with E-state index in [0.717, 1.165) is 42.2 Å². The van der Waals surface area contributed by atoms with Crippen molar-refractivity contribution in [1.82, 2.24) is 0 Å². The van der Waals surface area contributed by atoms with Crippen LogP contribution in [0.2, 0.25) is 0 Å². The maximum absolute atomic E-state index is 12.9. The van der Waals surface area contributed by atoms with Gasteiger partial charge < -0.3 is 10.1 Å². The molecule has 4 nitrogen and oxygen atoms in total. The fourth-order valence-corrected chi connectivity index (χ4v) is 6.50. The van der Waals surface area contributed by atoms with Crippen molar-refractivity contribution in [3.8, 4) is 0 Å². The first-order valence-electron chi connectivity index (χ1n) is 10.1. The van der Waals surface area contributed by atoms with Gasteiger partial charge in [0.1, 0.15) is 5.00 Å². The van der Waals surface area contributed by atoms with Crippen LogP contribution in [0.15, 0.2) is 0 Å². The van der Waals surface area contributed by atoms with Crippen LogP contribution in [0.5, 0.6) is 0 Å². The number of fused-ring (bicyclic) bond motifs is 3. The number of hydrogen-bond donors (Lipinski definition) is 1. The fourth-order valence-electron chi connectivity index (χ4n) is 5.10. The van der Waals surface area contributed by atoms with Gasteiger partial charge in [0.15, 0.2) is 0 Å². The van der Waals surface area contributed by atoms with E-state index in [1.54, 1.807) is 11.3 Å². The summed E-state index contributed by atoms with van der Waals surface area (Å²) in [5, 5.41) is 3.87. The van der Waals surface area contributed by atoms with Gasteiger partial charge >= 0.3 is 5.97 Å². The van der Waals surface area contributed by atoms with E-state index in [1.807, 2.05) is 13.8 Å². The van der Waals surface area contributed by atoms with E-state index in [0.29, 0.717) is 17.4 Å². The van der Waals surface area contributed by atoms with Crippen molar-refractivity contribution < 1.29 is 14.3 Å². The molecular weight excluding hydrogens is 346 g/mol. The summed E-state index contributed by atoms with van der Waals surface area (Å²) in [6.45, 7) is 5.99. The van der Waals surface area contributed by atoms with Crippen molar-refractivity contribution >= 4 is 28.2 Å². The maximum atomic E-state index is 12.9. The molecule has 3 aliphatic rings. The van der Waals surface area contributed by atoms with Gasteiger partial charge in [-0.2, -0.15) is 0 Å². The standard InChI is InChI=1S/C21H29NO3S/c1-11(2)25-21(24)18-15-7-4-12(3)8-17(15)26-20(18)22-19(23)16-10-13-5-6-14(16)9-13/h11-14,16H,4-10H2,1-3H3,(H,22,23)/t12-,13-,14-,16-/m1/s1. The Morgan fingerprint density at radius 2 is 2.00 bits per heavy atom. The van der Waals surface area contributed by atoms with Gasteiger partial charge in [0.25, 0.3) is 0 Å². The van der Waals surface area contributed by atoms with Crippen LogP contribution in [-0.4, -0.2) is 18.0 Å². The maximum Gasteiger partial charge on any atom is 0.341 e. The molecule has 0 spiro atoms. The molecule has 0 aliphatic heterocycles. The molecule has 2 saturated carbocycles. The summed E-state index contributed by atoms with van der Waals surface area (Å²) in [7, 11) is 0. The van der Waals surface area contributed by atoms with Crippen LogP contribution in [-0.2, 0) is 22.4 Å². The molecule has 2 bridgehead atoms. The molecule has 4 rings (SSSR count). The highest BCUT2D eigenvalue weighted by Gasteiger charge is 2.43. The third kappa shape index (κ3) is 3.30. The van der Waals surface area contributed by atoms with Gasteiger partial charge in [-0.25, -0.2) is 4.79 Å². The lowest BCUT2D eigenvalue weighted by molar-refractivity contribution is -0.121. The largest absolute Gasteiger partial charge is 0.459 e. The number of ether oxygens (including phenoxy) is 1. The SMILES string of the molecule is CC(C)OC(=O)c1c(NC(=O)[C@@H]2C[C@@H]3CC[C@@H]2C3)sc2c1CC[C@@H](C)C2. The van der Waals surface area contributed by atoms with E-state index in [4.69, 9.17) is 4.74 Å². The molecule has 1 heterocycles. The molecule has 1 N–H and O–H groups in total. The minimum Gasteiger partial charge on any atom is -0.459 e. The Kier molecular flexibility index (Phi) is 4.84. The summed E-state index contributed by atoms with van der Waals surface area (Å²) in [4.78, 5) is 26.9. The van der Waals surface area contributed by atoms with E-state index < -0.39 is 0 Å². The van der Waals surface area contributed by atoms with Crippen LogP contribution in [0, 0.1) is 23.7 Å². The number of nitrogens with one attached hydrogen (secondary N) is 1. The van der Waals surface area contributed by atoms with Gasteiger partial charge in [0, 0.05) is 10.8 Å². The number of anilines is 1. The van der Waals surface area contributed by atoms with Crippen LogP contribution in [0.4, 0.5) is 5.00 Å². The second-order valence-electron chi connectivity index (χ2n) is 8.78. The van der Waals surface area contributed by atoms with E-state index in [9.17, 15) is 9.59 Å². The fraction of sp³-hybridized carbons (Fsp3) is 0.714. The molecule has 1 aromatic heterocycles. The smallest absolute Gasteiger partial charge is 0.341 e. The van der Waals surface area contributed by atoms with Crippen molar-refractivity contribution in [3.63, 3.8) is 0 Å². The zero-order valence-electron chi connectivity index (χ0n) is 16.0. The van der Waals surface area contributed by atoms with Crippen molar-refractivity contribution in [2.45, 2.75) is 71.8 Å². The third-order valence-corrected chi connectivity index (χ3v) is 7.54. The summed E-state index contributed by atoms with van der Waals surface area (Å²) in [5.74, 6) is 1.86. The Labute approximate surface area is 159 Å². The predicted molar refractivity (Wildman–Crippen MR) is 104 cm³/mol. The third-order valence-electron chi connectivity index (χ3n) is 6.37. The number of esters is 1. The molecular formula is C21H29NO3S. The Bertz CT molecular complexity index is 723. The normalized spacial score (nSPS) is 29.7. The molecule has 2 fully saturated rings. The van der Waals surface area contributed by atoms with Crippen LogP contribution in [0.25, 0.3) is 0 Å². The summed E-state index contributed by atoms with van der Waals surface area (Å²) in [5.41, 5.74) is 1.74. The van der Waals surface area contributed by atoms with E-state index in [-0.39, 0.29) is 23.9 Å². The van der Waals surface area contributed by atoms with Gasteiger partial charge in [-0.05, 0) is 75.7 Å². The Balaban J connectivity index is 1.60. The summed E-state index contributed by atoms with van der Waals surface area (Å²) >= 11 is 1.60. The second kappa shape index (κ2) is 6.99. The molecule has 4 atom stereocenters. The molecule has 1 amide bonds. The monoisotopic (exact) mass is 375 g/mol. The Morgan fingerprint density at radius 3 is 2.65 bits per heavy atom. The summed E-state index contributed by atoms with van der Waals surface area (Å²) in [6.07, 6.45) is 7.52. The molecule has 1 aromatic rings. The highest BCUT2D eigenvalue weighted by atomic mass is 32.1. The Morgan fingerprint density at radius 1 is 1.19 bits per heavy atom. The first kappa shape index (κ1) is 18.0. The molecule has 0 aromatic carbocycles. The highest BCUT2D eigenvalue weighted by Crippen LogP contribution is 2.49. The van der Waals surface area contributed by atoms with E-state index in [2.05, 4.69) is 12.2 Å². The molecule has 0 radical (unpaired) electrons. The van der Waals surface area contributed by atoms with Crippen LogP contribution in [0.1, 0.15) is 73.7 Å². The van der Waals surface area contributed by atoms with Crippen molar-refractivity contribution in [1.29, 1.82) is 0 Å². The predicted octanol–water partition coefficient (Wildman–Crippen LogP) is 4.81. The number of rotatable bonds is 4. The van der Waals surface area contributed by atoms with Gasteiger partial charge in [-0.15, -0.1) is 11.3 Å². The zero-order chi connectivity index (χ0) is 18.4. The first-order valence-corrected chi connectivity index (χ1v) is 10.9. The second-order valence-corrected chi connectivity index (χ2v) is 9.89. The van der Waals surface area contributed by atoms with Gasteiger partial charge in [-0.1, -0.05) is 13.3 Å². The zero-order valence-corrected chi connectivity index (χ0v) is 16.8. The quantitative estimate of drug-likeness (QED) is 0.768. The summed E-state index contributed by atoms with van der Waals surface area (Å²) < 4.78 is 5.50. The number of hydrogen-bond acceptors (Lipinski definition) is 4. The number of amides is 1. The van der Waals surface area contributed by atoms with Crippen LogP contribution < -0.4 is 5.32 Å². The average molecular weight is 376 g/mol. The van der Waals surface area contributed by atoms with Crippen molar-refractivity contribution in [3.05, 3.63) is 16.0 Å². The molecule has 0 saturated heterocycles. The molecule has 3 aliphatic carbocycles. The topological polar surface area (TPSA) is 55.4 Å². The lowest BCUT2D eigenvalue weighted by Crippen LogP contribution is -2.27. The minimum atomic E-state index is -0.282. The number of carbonyl (C=O) groups excluding carboxylic acids is 2. The molecule has 26 heavy (non-hydrogen) atoms. The van der Waals surface area contributed by atoms with Crippen molar-refractivity contribution in [2.75, 3.05) is 5.32 Å². The van der Waals surface area contributed by atoms with E-state index >= 15 is 0 Å². The Hall–Kier alpha value is -1.36. The van der Waals surface area contributed by atoms with Crippen LogP contribution >= 0.6 is 11.3 Å². The number of carbonyl (C=O) groups is 2. The average Bonchev–Trinajstić information content (AvgIpc) is 3.26. The van der Waals surface area contributed by atoms with E-state index in [1.165, 1.54) is 24.1 Å². The van der Waals surface area contributed by atoms with Crippen LogP contribution in [0.3, 0.4) is 0 Å². The van der Waals surface area contributed by atoms with Gasteiger partial charge in [0.05, 0.1) is 11.7 Å². The summed E-state index contributed by atoms with van der Waals surface area (Å²) in [6, 6.07) is 0. The molecule has 5 heteroatoms. The lowest BCUT2D eigenvalue weighted by atomic mass is 9.87. The molecule has 142 valence electrons. The van der Waals surface area contributed by atoms with Gasteiger partial charge in [0.2, 0.25) is 5.91 Å². The lowest BCUT2D eigenvalue weighted by Gasteiger charge is -2.21. The van der Waals surface area contributed by atoms with Crippen molar-refractivity contribution in [2.24, 2.45) is 23.7 Å².